The maximum atomic E-state index is 12.0. The molecule has 1 aliphatic rings. The summed E-state index contributed by atoms with van der Waals surface area (Å²) in [4.78, 5) is 14.2. The molecule has 1 N–H and O–H groups in total. The Morgan fingerprint density at radius 3 is 2.78 bits per heavy atom. The predicted octanol–water partition coefficient (Wildman–Crippen LogP) is 1.65. The molecule has 2 rings (SSSR count). The van der Waals surface area contributed by atoms with Crippen molar-refractivity contribution in [3.8, 4) is 6.07 Å². The Hall–Kier alpha value is -1.51. The third-order valence-electron chi connectivity index (χ3n) is 3.27. The van der Waals surface area contributed by atoms with E-state index >= 15 is 0 Å². The molecule has 1 aliphatic heterocycles. The van der Waals surface area contributed by atoms with Gasteiger partial charge in [-0.25, -0.2) is 0 Å². The number of hydrogen-bond donors (Lipinski definition) is 1. The molecule has 96 valence electrons. The standard InChI is InChI=1S/C12H14ClN3O2/c1-16-5-3-12(8-14,4-6-16)15-11(17)9-2-7-18-10(9)13/h2,7H,3-6H2,1H3,(H,15,17). The Bertz CT molecular complexity index is 484. The van der Waals surface area contributed by atoms with Gasteiger partial charge in [-0.3, -0.25) is 4.79 Å². The zero-order valence-corrected chi connectivity index (χ0v) is 10.8. The molecule has 0 saturated carbocycles. The smallest absolute Gasteiger partial charge is 0.257 e. The summed E-state index contributed by atoms with van der Waals surface area (Å²) in [6.07, 6.45) is 2.58. The van der Waals surface area contributed by atoms with Crippen LogP contribution in [0.3, 0.4) is 0 Å². The monoisotopic (exact) mass is 267 g/mol. The molecular formula is C12H14ClN3O2. The van der Waals surface area contributed by atoms with Crippen LogP contribution in [0.15, 0.2) is 16.7 Å². The molecule has 1 aromatic rings. The first kappa shape index (κ1) is 12.9. The van der Waals surface area contributed by atoms with Gasteiger partial charge in [-0.1, -0.05) is 0 Å². The molecule has 0 spiro atoms. The summed E-state index contributed by atoms with van der Waals surface area (Å²) < 4.78 is 4.87. The van der Waals surface area contributed by atoms with Crippen molar-refractivity contribution in [2.75, 3.05) is 20.1 Å². The van der Waals surface area contributed by atoms with Gasteiger partial charge in [0.15, 0.2) is 0 Å². The number of rotatable bonds is 2. The molecule has 5 nitrogen and oxygen atoms in total. The molecule has 2 heterocycles. The van der Waals surface area contributed by atoms with Crippen molar-refractivity contribution >= 4 is 17.5 Å². The average molecular weight is 268 g/mol. The van der Waals surface area contributed by atoms with Gasteiger partial charge in [-0.15, -0.1) is 0 Å². The minimum atomic E-state index is -0.801. The number of hydrogen-bond acceptors (Lipinski definition) is 4. The highest BCUT2D eigenvalue weighted by Gasteiger charge is 2.36. The Balaban J connectivity index is 2.10. The Morgan fingerprint density at radius 2 is 2.28 bits per heavy atom. The molecule has 1 aromatic heterocycles. The lowest BCUT2D eigenvalue weighted by atomic mass is 9.89. The van der Waals surface area contributed by atoms with E-state index in [1.54, 1.807) is 0 Å². The van der Waals surface area contributed by atoms with Crippen molar-refractivity contribution < 1.29 is 9.21 Å². The van der Waals surface area contributed by atoms with Crippen LogP contribution in [0, 0.1) is 11.3 Å². The molecule has 6 heteroatoms. The molecule has 0 radical (unpaired) electrons. The van der Waals surface area contributed by atoms with Gasteiger partial charge >= 0.3 is 0 Å². The number of carbonyl (C=O) groups excluding carboxylic acids is 1. The largest absolute Gasteiger partial charge is 0.452 e. The van der Waals surface area contributed by atoms with E-state index in [0.717, 1.165) is 13.1 Å². The number of carbonyl (C=O) groups is 1. The molecule has 0 atom stereocenters. The zero-order valence-electron chi connectivity index (χ0n) is 10.1. The van der Waals surface area contributed by atoms with Gasteiger partial charge in [0.05, 0.1) is 17.9 Å². The van der Waals surface area contributed by atoms with Crippen LogP contribution in [0.25, 0.3) is 0 Å². The lowest BCUT2D eigenvalue weighted by Crippen LogP contribution is -2.53. The molecule has 0 bridgehead atoms. The van der Waals surface area contributed by atoms with E-state index in [-0.39, 0.29) is 16.7 Å². The normalized spacial score (nSPS) is 19.2. The van der Waals surface area contributed by atoms with Gasteiger partial charge in [0.2, 0.25) is 5.22 Å². The number of furan rings is 1. The van der Waals surface area contributed by atoms with E-state index in [1.165, 1.54) is 12.3 Å². The van der Waals surface area contributed by atoms with E-state index in [2.05, 4.69) is 16.3 Å². The molecule has 1 saturated heterocycles. The summed E-state index contributed by atoms with van der Waals surface area (Å²) in [6, 6.07) is 3.72. The summed E-state index contributed by atoms with van der Waals surface area (Å²) in [5, 5.41) is 12.1. The first-order chi connectivity index (χ1) is 8.56. The summed E-state index contributed by atoms with van der Waals surface area (Å²) in [6.45, 7) is 1.57. The third-order valence-corrected chi connectivity index (χ3v) is 3.56. The van der Waals surface area contributed by atoms with Crippen LogP contribution in [0.2, 0.25) is 5.22 Å². The van der Waals surface area contributed by atoms with Crippen LogP contribution < -0.4 is 5.32 Å². The molecule has 0 unspecified atom stereocenters. The Kier molecular flexibility index (Phi) is 3.60. The fourth-order valence-corrected chi connectivity index (χ4v) is 2.21. The number of piperidine rings is 1. The Morgan fingerprint density at radius 1 is 1.61 bits per heavy atom. The fraction of sp³-hybridized carbons (Fsp3) is 0.500. The third kappa shape index (κ3) is 2.50. The summed E-state index contributed by atoms with van der Waals surface area (Å²) >= 11 is 5.75. The first-order valence-corrected chi connectivity index (χ1v) is 6.09. The van der Waals surface area contributed by atoms with Crippen LogP contribution in [-0.2, 0) is 0 Å². The van der Waals surface area contributed by atoms with Crippen molar-refractivity contribution in [2.45, 2.75) is 18.4 Å². The van der Waals surface area contributed by atoms with Crippen molar-refractivity contribution in [2.24, 2.45) is 0 Å². The minimum Gasteiger partial charge on any atom is -0.452 e. The second-order valence-electron chi connectivity index (χ2n) is 4.56. The predicted molar refractivity (Wildman–Crippen MR) is 66.3 cm³/mol. The van der Waals surface area contributed by atoms with Crippen LogP contribution >= 0.6 is 11.6 Å². The maximum absolute atomic E-state index is 12.0. The quantitative estimate of drug-likeness (QED) is 0.885. The minimum absolute atomic E-state index is 0.0496. The van der Waals surface area contributed by atoms with Crippen molar-refractivity contribution in [1.82, 2.24) is 10.2 Å². The van der Waals surface area contributed by atoms with Crippen LogP contribution in [0.4, 0.5) is 0 Å². The number of amides is 1. The maximum Gasteiger partial charge on any atom is 0.257 e. The van der Waals surface area contributed by atoms with Gasteiger partial charge in [0.1, 0.15) is 5.54 Å². The van der Waals surface area contributed by atoms with Gasteiger partial charge < -0.3 is 14.6 Å². The highest BCUT2D eigenvalue weighted by atomic mass is 35.5. The number of nitrogens with zero attached hydrogens (tertiary/aromatic N) is 2. The molecular weight excluding hydrogens is 254 g/mol. The van der Waals surface area contributed by atoms with E-state index in [9.17, 15) is 10.1 Å². The van der Waals surface area contributed by atoms with Crippen LogP contribution in [0.1, 0.15) is 23.2 Å². The van der Waals surface area contributed by atoms with Crippen molar-refractivity contribution in [1.29, 1.82) is 5.26 Å². The number of halogens is 1. The topological polar surface area (TPSA) is 69.3 Å². The molecule has 1 fully saturated rings. The lowest BCUT2D eigenvalue weighted by Gasteiger charge is -2.35. The van der Waals surface area contributed by atoms with Gasteiger partial charge in [-0.2, -0.15) is 5.26 Å². The first-order valence-electron chi connectivity index (χ1n) is 5.72. The van der Waals surface area contributed by atoms with Crippen molar-refractivity contribution in [3.63, 3.8) is 0 Å². The van der Waals surface area contributed by atoms with E-state index in [0.29, 0.717) is 12.8 Å². The fourth-order valence-electron chi connectivity index (χ4n) is 2.01. The Labute approximate surface area is 110 Å². The second kappa shape index (κ2) is 5.01. The number of nitrogens with one attached hydrogen (secondary N) is 1. The van der Waals surface area contributed by atoms with E-state index < -0.39 is 5.54 Å². The molecule has 0 aromatic carbocycles. The molecule has 18 heavy (non-hydrogen) atoms. The summed E-state index contributed by atoms with van der Waals surface area (Å²) in [5.41, 5.74) is -0.533. The SMILES string of the molecule is CN1CCC(C#N)(NC(=O)c2ccoc2Cl)CC1. The van der Waals surface area contributed by atoms with Gasteiger partial charge in [0, 0.05) is 13.1 Å². The number of nitriles is 1. The summed E-state index contributed by atoms with van der Waals surface area (Å²) in [5.74, 6) is -0.361. The van der Waals surface area contributed by atoms with Crippen LogP contribution in [-0.4, -0.2) is 36.5 Å². The second-order valence-corrected chi connectivity index (χ2v) is 4.90. The van der Waals surface area contributed by atoms with Gasteiger partial charge in [-0.05, 0) is 37.6 Å². The average Bonchev–Trinajstić information content (AvgIpc) is 2.79. The van der Waals surface area contributed by atoms with Gasteiger partial charge in [0.25, 0.3) is 5.91 Å². The van der Waals surface area contributed by atoms with Crippen LogP contribution in [0.5, 0.6) is 0 Å². The zero-order chi connectivity index (χ0) is 13.2. The highest BCUT2D eigenvalue weighted by Crippen LogP contribution is 2.23. The lowest BCUT2D eigenvalue weighted by molar-refractivity contribution is 0.0881. The highest BCUT2D eigenvalue weighted by molar-refractivity contribution is 6.32. The van der Waals surface area contributed by atoms with E-state index in [4.69, 9.17) is 16.0 Å². The summed E-state index contributed by atoms with van der Waals surface area (Å²) in [7, 11) is 2.00. The number of likely N-dealkylation sites (tertiary alicyclic amines) is 1. The molecule has 0 aliphatic carbocycles. The van der Waals surface area contributed by atoms with Crippen molar-refractivity contribution in [3.05, 3.63) is 23.1 Å². The molecule has 1 amide bonds. The van der Waals surface area contributed by atoms with E-state index in [1.807, 2.05) is 7.05 Å².